The maximum absolute atomic E-state index is 13.5. The number of aromatic nitrogens is 1. The Morgan fingerprint density at radius 1 is 1.23 bits per heavy atom. The largest absolute Gasteiger partial charge is 0.474 e. The molecule has 3 rings (SSSR count). The number of nitrogens with two attached hydrogens (primary N) is 1. The predicted molar refractivity (Wildman–Crippen MR) is 108 cm³/mol. The van der Waals surface area contributed by atoms with Crippen LogP contribution in [0.2, 0.25) is 0 Å². The topological polar surface area (TPSA) is 72.5 Å². The summed E-state index contributed by atoms with van der Waals surface area (Å²) in [5.41, 5.74) is 6.50. The first-order valence-electron chi connectivity index (χ1n) is 8.24. The van der Waals surface area contributed by atoms with Crippen molar-refractivity contribution in [1.82, 2.24) is 4.98 Å². The van der Waals surface area contributed by atoms with Gasteiger partial charge in [-0.1, -0.05) is 6.07 Å². The summed E-state index contributed by atoms with van der Waals surface area (Å²) in [7, 11) is 0. The van der Waals surface area contributed by atoms with Gasteiger partial charge in [-0.05, 0) is 43.4 Å². The molecule has 1 aromatic carbocycles. The lowest BCUT2D eigenvalue weighted by atomic mass is 10.3. The van der Waals surface area contributed by atoms with E-state index >= 15 is 0 Å². The van der Waals surface area contributed by atoms with Crippen LogP contribution in [-0.4, -0.2) is 17.0 Å². The lowest BCUT2D eigenvalue weighted by Gasteiger charge is -2.11. The third-order valence-corrected chi connectivity index (χ3v) is 4.01. The number of hydrogen-bond acceptors (Lipinski definition) is 3. The van der Waals surface area contributed by atoms with Gasteiger partial charge in [-0.3, -0.25) is 0 Å². The van der Waals surface area contributed by atoms with E-state index in [1.165, 1.54) is 12.8 Å². The highest BCUT2D eigenvalue weighted by atomic mass is 127. The van der Waals surface area contributed by atoms with Gasteiger partial charge in [-0.2, -0.15) is 0 Å². The highest BCUT2D eigenvalue weighted by Gasteiger charge is 2.16. The molecule has 0 spiro atoms. The van der Waals surface area contributed by atoms with E-state index in [0.717, 1.165) is 36.6 Å². The number of ether oxygens (including phenoxy) is 1. The average molecular weight is 474 g/mol. The Balaban J connectivity index is 0.00000243. The minimum Gasteiger partial charge on any atom is -0.474 e. The number of hydrogen-bond donors (Lipinski definition) is 2. The van der Waals surface area contributed by atoms with E-state index in [1.807, 2.05) is 6.07 Å². The fourth-order valence-electron chi connectivity index (χ4n) is 2.70. The quantitative estimate of drug-likeness (QED) is 0.387. The average Bonchev–Trinajstić information content (AvgIpc) is 3.10. The molecule has 0 amide bonds. The molecule has 8 heteroatoms. The molecule has 1 fully saturated rings. The maximum Gasteiger partial charge on any atom is 0.213 e. The summed E-state index contributed by atoms with van der Waals surface area (Å²) in [5.74, 6) is -0.559. The van der Waals surface area contributed by atoms with Crippen LogP contribution in [0.25, 0.3) is 0 Å². The van der Waals surface area contributed by atoms with Crippen molar-refractivity contribution >= 4 is 35.6 Å². The predicted octanol–water partition coefficient (Wildman–Crippen LogP) is 4.23. The number of anilines is 1. The van der Waals surface area contributed by atoms with Crippen LogP contribution in [0.15, 0.2) is 41.5 Å². The third kappa shape index (κ3) is 5.79. The zero-order chi connectivity index (χ0) is 17.6. The maximum atomic E-state index is 13.5. The number of rotatable bonds is 5. The fourth-order valence-corrected chi connectivity index (χ4v) is 2.70. The first-order valence-corrected chi connectivity index (χ1v) is 8.24. The van der Waals surface area contributed by atoms with Gasteiger partial charge in [0, 0.05) is 18.3 Å². The van der Waals surface area contributed by atoms with Crippen molar-refractivity contribution < 1.29 is 13.5 Å². The number of nitrogens with one attached hydrogen (secondary N) is 1. The van der Waals surface area contributed by atoms with Crippen LogP contribution in [0.5, 0.6) is 5.88 Å². The van der Waals surface area contributed by atoms with Crippen LogP contribution in [0.1, 0.15) is 31.2 Å². The Hall–Kier alpha value is -1.97. The van der Waals surface area contributed by atoms with Gasteiger partial charge in [0.25, 0.3) is 0 Å². The lowest BCUT2D eigenvalue weighted by molar-refractivity contribution is 0.201. The van der Waals surface area contributed by atoms with Gasteiger partial charge in [0.05, 0.1) is 12.2 Å². The van der Waals surface area contributed by atoms with E-state index in [1.54, 1.807) is 12.3 Å². The molecule has 0 unspecified atom stereocenters. The highest BCUT2D eigenvalue weighted by Crippen LogP contribution is 2.23. The second-order valence-corrected chi connectivity index (χ2v) is 5.98. The fraction of sp³-hybridized carbons (Fsp3) is 0.333. The van der Waals surface area contributed by atoms with Crippen molar-refractivity contribution in [1.29, 1.82) is 0 Å². The Labute approximate surface area is 168 Å². The van der Waals surface area contributed by atoms with Gasteiger partial charge in [-0.15, -0.1) is 24.0 Å². The first-order chi connectivity index (χ1) is 12.1. The Kier molecular flexibility index (Phi) is 7.55. The number of benzene rings is 1. The molecule has 0 aliphatic heterocycles. The normalized spacial score (nSPS) is 14.8. The summed E-state index contributed by atoms with van der Waals surface area (Å²) in [6.45, 7) is 0.270. The molecule has 3 N–H and O–H groups in total. The second kappa shape index (κ2) is 9.65. The van der Waals surface area contributed by atoms with Crippen LogP contribution in [0.4, 0.5) is 14.5 Å². The molecule has 26 heavy (non-hydrogen) atoms. The van der Waals surface area contributed by atoms with Gasteiger partial charge >= 0.3 is 0 Å². The van der Waals surface area contributed by atoms with E-state index in [9.17, 15) is 8.78 Å². The molecule has 1 aromatic heterocycles. The second-order valence-electron chi connectivity index (χ2n) is 5.98. The van der Waals surface area contributed by atoms with Crippen LogP contribution in [-0.2, 0) is 6.54 Å². The number of aliphatic imine (C=N–C) groups is 1. The molecule has 0 saturated heterocycles. The van der Waals surface area contributed by atoms with Crippen molar-refractivity contribution in [2.45, 2.75) is 38.3 Å². The van der Waals surface area contributed by atoms with Crippen LogP contribution in [0.3, 0.4) is 0 Å². The van der Waals surface area contributed by atoms with E-state index in [0.29, 0.717) is 5.88 Å². The Bertz CT molecular complexity index is 749. The molecule has 0 atom stereocenters. The van der Waals surface area contributed by atoms with Crippen LogP contribution in [0, 0.1) is 11.6 Å². The van der Waals surface area contributed by atoms with Crippen molar-refractivity contribution in [2.24, 2.45) is 10.7 Å². The van der Waals surface area contributed by atoms with E-state index < -0.39 is 11.6 Å². The molecule has 1 saturated carbocycles. The van der Waals surface area contributed by atoms with Gasteiger partial charge in [0.2, 0.25) is 5.88 Å². The molecule has 140 valence electrons. The zero-order valence-electron chi connectivity index (χ0n) is 14.1. The van der Waals surface area contributed by atoms with Crippen molar-refractivity contribution in [3.05, 3.63) is 53.7 Å². The SMILES string of the molecule is I.NC(=NCc1ccc(OC2CCCC2)nc1)Nc1cc(F)ccc1F. The smallest absolute Gasteiger partial charge is 0.213 e. The summed E-state index contributed by atoms with van der Waals surface area (Å²) >= 11 is 0. The summed E-state index contributed by atoms with van der Waals surface area (Å²) in [6.07, 6.45) is 6.49. The molecule has 0 bridgehead atoms. The zero-order valence-corrected chi connectivity index (χ0v) is 16.5. The van der Waals surface area contributed by atoms with Gasteiger partial charge in [0.15, 0.2) is 5.96 Å². The van der Waals surface area contributed by atoms with Crippen molar-refractivity contribution in [3.63, 3.8) is 0 Å². The Morgan fingerprint density at radius 3 is 2.69 bits per heavy atom. The summed E-state index contributed by atoms with van der Waals surface area (Å²) in [6, 6.07) is 6.75. The molecule has 2 aromatic rings. The highest BCUT2D eigenvalue weighted by molar-refractivity contribution is 14.0. The number of halogens is 3. The number of pyridine rings is 1. The van der Waals surface area contributed by atoms with Crippen molar-refractivity contribution in [2.75, 3.05) is 5.32 Å². The van der Waals surface area contributed by atoms with Crippen LogP contribution < -0.4 is 15.8 Å². The Morgan fingerprint density at radius 2 is 2.00 bits per heavy atom. The van der Waals surface area contributed by atoms with E-state index in [2.05, 4.69) is 15.3 Å². The van der Waals surface area contributed by atoms with Gasteiger partial charge in [0.1, 0.15) is 17.7 Å². The van der Waals surface area contributed by atoms with Crippen molar-refractivity contribution in [3.8, 4) is 5.88 Å². The minimum atomic E-state index is -0.602. The van der Waals surface area contributed by atoms with Gasteiger partial charge in [-0.25, -0.2) is 18.8 Å². The lowest BCUT2D eigenvalue weighted by Crippen LogP contribution is -2.23. The number of guanidine groups is 1. The molecule has 1 aliphatic rings. The van der Waals surface area contributed by atoms with E-state index in [4.69, 9.17) is 10.5 Å². The molecular weight excluding hydrogens is 453 g/mol. The molecule has 0 radical (unpaired) electrons. The molecular formula is C18H21F2IN4O. The molecule has 5 nitrogen and oxygen atoms in total. The molecule has 1 heterocycles. The third-order valence-electron chi connectivity index (χ3n) is 4.01. The van der Waals surface area contributed by atoms with E-state index in [-0.39, 0.29) is 48.3 Å². The monoisotopic (exact) mass is 474 g/mol. The first kappa shape index (κ1) is 20.3. The van der Waals surface area contributed by atoms with Gasteiger partial charge < -0.3 is 15.8 Å². The van der Waals surface area contributed by atoms with Crippen LogP contribution >= 0.6 is 24.0 Å². The molecule has 1 aliphatic carbocycles. The summed E-state index contributed by atoms with van der Waals surface area (Å²) < 4.78 is 32.5. The standard InChI is InChI=1S/C18H20F2N4O.HI/c19-13-6-7-15(20)16(9-13)24-18(21)23-11-12-5-8-17(22-10-12)25-14-3-1-2-4-14;/h5-10,14H,1-4,11H2,(H3,21,23,24);1H. The summed E-state index contributed by atoms with van der Waals surface area (Å²) in [5, 5.41) is 2.55. The summed E-state index contributed by atoms with van der Waals surface area (Å²) in [4.78, 5) is 8.37. The number of nitrogens with zero attached hydrogens (tertiary/aromatic N) is 2. The minimum absolute atomic E-state index is 0.